The van der Waals surface area contributed by atoms with E-state index in [-0.39, 0.29) is 16.7 Å². The van der Waals surface area contributed by atoms with Gasteiger partial charge >= 0.3 is 0 Å². The van der Waals surface area contributed by atoms with Crippen molar-refractivity contribution in [1.29, 1.82) is 0 Å². The van der Waals surface area contributed by atoms with Crippen LogP contribution in [-0.2, 0) is 6.42 Å². The van der Waals surface area contributed by atoms with E-state index in [2.05, 4.69) is 4.74 Å². The molecule has 0 saturated carbocycles. The lowest BCUT2D eigenvalue weighted by atomic mass is 9.95. The molecule has 0 aliphatic rings. The number of hydrogen-bond acceptors (Lipinski definition) is 1. The fraction of sp³-hybridized carbons (Fsp3) is 0.120. The van der Waals surface area contributed by atoms with E-state index in [4.69, 9.17) is 0 Å². The number of aryl methyl sites for hydroxylation is 1. The minimum atomic E-state index is -1.09. The van der Waals surface area contributed by atoms with Crippen LogP contribution < -0.4 is 4.74 Å². The Morgan fingerprint density at radius 3 is 1.90 bits per heavy atom. The topological polar surface area (TPSA) is 9.23 Å². The molecule has 0 atom stereocenters. The summed E-state index contributed by atoms with van der Waals surface area (Å²) >= 11 is 0. The Labute approximate surface area is 175 Å². The van der Waals surface area contributed by atoms with Gasteiger partial charge in [0.25, 0.3) is 0 Å². The highest BCUT2D eigenvalue weighted by Gasteiger charge is 2.20. The van der Waals surface area contributed by atoms with Gasteiger partial charge in [0.05, 0.1) is 12.7 Å². The summed E-state index contributed by atoms with van der Waals surface area (Å²) in [6.07, 6.45) is 0.795. The minimum absolute atomic E-state index is 0.0211. The first-order chi connectivity index (χ1) is 14.8. The zero-order valence-corrected chi connectivity index (χ0v) is 16.7. The fourth-order valence-electron chi connectivity index (χ4n) is 3.69. The van der Waals surface area contributed by atoms with Crippen LogP contribution >= 0.6 is 0 Å². The molecule has 4 aromatic rings. The van der Waals surface area contributed by atoms with E-state index in [1.807, 2.05) is 13.0 Å². The average Bonchev–Trinajstić information content (AvgIpc) is 2.73. The van der Waals surface area contributed by atoms with Crippen molar-refractivity contribution in [3.63, 3.8) is 0 Å². The Balaban J connectivity index is 1.84. The smallest absolute Gasteiger partial charge is 0.190 e. The summed E-state index contributed by atoms with van der Waals surface area (Å²) in [5.74, 6) is -5.57. The lowest BCUT2D eigenvalue weighted by Gasteiger charge is -2.12. The van der Waals surface area contributed by atoms with Gasteiger partial charge in [-0.3, -0.25) is 0 Å². The van der Waals surface area contributed by atoms with Gasteiger partial charge in [0.15, 0.2) is 17.4 Å². The Bertz CT molecular complexity index is 1270. The van der Waals surface area contributed by atoms with E-state index in [9.17, 15) is 17.6 Å². The van der Waals surface area contributed by atoms with E-state index >= 15 is 4.39 Å². The lowest BCUT2D eigenvalue weighted by molar-refractivity contribution is 0.360. The molecule has 4 rings (SSSR count). The average molecular weight is 428 g/mol. The Morgan fingerprint density at radius 2 is 1.32 bits per heavy atom. The van der Waals surface area contributed by atoms with E-state index < -0.39 is 40.4 Å². The minimum Gasteiger partial charge on any atom is -0.491 e. The highest BCUT2D eigenvalue weighted by atomic mass is 19.1. The van der Waals surface area contributed by atoms with Crippen molar-refractivity contribution in [2.24, 2.45) is 0 Å². The van der Waals surface area contributed by atoms with Gasteiger partial charge in [-0.1, -0.05) is 37.3 Å². The highest BCUT2D eigenvalue weighted by molar-refractivity contribution is 5.89. The number of halogens is 5. The molecule has 1 nitrogen and oxygen atoms in total. The van der Waals surface area contributed by atoms with Crippen LogP contribution in [0, 0.1) is 29.1 Å². The standard InChI is InChI=1S/C25H17F5O/c1-3-13-4-6-17-14(8-13)5-7-18(24(17)30)15-9-19(26)23(20(27)10-15)16-11-21(28)25(31-2)22(29)12-16/h4-12H,3H2,1-2H3. The third kappa shape index (κ3) is 3.63. The molecule has 0 fully saturated rings. The maximum atomic E-state index is 15.1. The first-order valence-electron chi connectivity index (χ1n) is 9.58. The van der Waals surface area contributed by atoms with Crippen LogP contribution in [0.25, 0.3) is 33.0 Å². The predicted molar refractivity (Wildman–Crippen MR) is 111 cm³/mol. The van der Waals surface area contributed by atoms with Crippen LogP contribution in [0.4, 0.5) is 22.0 Å². The van der Waals surface area contributed by atoms with Gasteiger partial charge in [0.1, 0.15) is 17.5 Å². The quantitative estimate of drug-likeness (QED) is 0.307. The van der Waals surface area contributed by atoms with Gasteiger partial charge in [0, 0.05) is 10.9 Å². The largest absolute Gasteiger partial charge is 0.491 e. The summed E-state index contributed by atoms with van der Waals surface area (Å²) in [4.78, 5) is 0. The van der Waals surface area contributed by atoms with Gasteiger partial charge in [-0.25, -0.2) is 22.0 Å². The second-order valence-corrected chi connectivity index (χ2v) is 7.12. The first kappa shape index (κ1) is 20.8. The van der Waals surface area contributed by atoms with Gasteiger partial charge in [-0.15, -0.1) is 0 Å². The molecule has 0 radical (unpaired) electrons. The molecule has 6 heteroatoms. The molecule has 4 aromatic carbocycles. The third-order valence-corrected chi connectivity index (χ3v) is 5.27. The molecule has 0 amide bonds. The zero-order valence-electron chi connectivity index (χ0n) is 16.7. The number of fused-ring (bicyclic) bond motifs is 1. The van der Waals surface area contributed by atoms with E-state index in [0.717, 1.165) is 43.4 Å². The molecule has 31 heavy (non-hydrogen) atoms. The summed E-state index contributed by atoms with van der Waals surface area (Å²) in [7, 11) is 1.08. The summed E-state index contributed by atoms with van der Waals surface area (Å²) in [6, 6.07) is 11.9. The third-order valence-electron chi connectivity index (χ3n) is 5.27. The summed E-state index contributed by atoms with van der Waals surface area (Å²) in [6.45, 7) is 1.99. The number of ether oxygens (including phenoxy) is 1. The molecule has 0 aliphatic heterocycles. The van der Waals surface area contributed by atoms with Crippen molar-refractivity contribution in [3.8, 4) is 28.0 Å². The maximum absolute atomic E-state index is 15.1. The van der Waals surface area contributed by atoms with E-state index in [0.29, 0.717) is 10.8 Å². The fourth-order valence-corrected chi connectivity index (χ4v) is 3.69. The Morgan fingerprint density at radius 1 is 0.710 bits per heavy atom. The summed E-state index contributed by atoms with van der Waals surface area (Å²) in [5, 5.41) is 1.02. The van der Waals surface area contributed by atoms with Crippen molar-refractivity contribution < 1.29 is 26.7 Å². The molecule has 0 heterocycles. The second-order valence-electron chi connectivity index (χ2n) is 7.12. The first-order valence-corrected chi connectivity index (χ1v) is 9.58. The monoisotopic (exact) mass is 428 g/mol. The Kier molecular flexibility index (Phi) is 5.39. The molecule has 0 aliphatic carbocycles. The molecular weight excluding hydrogens is 411 g/mol. The maximum Gasteiger partial charge on any atom is 0.190 e. The van der Waals surface area contributed by atoms with Gasteiger partial charge < -0.3 is 4.74 Å². The van der Waals surface area contributed by atoms with Gasteiger partial charge in [-0.2, -0.15) is 0 Å². The zero-order chi connectivity index (χ0) is 22.3. The van der Waals surface area contributed by atoms with Gasteiger partial charge in [0.2, 0.25) is 0 Å². The van der Waals surface area contributed by atoms with Gasteiger partial charge in [-0.05, 0) is 52.8 Å². The lowest BCUT2D eigenvalue weighted by Crippen LogP contribution is -1.98. The van der Waals surface area contributed by atoms with Crippen LogP contribution in [0.5, 0.6) is 5.75 Å². The molecule has 158 valence electrons. The number of hydrogen-bond donors (Lipinski definition) is 0. The number of methoxy groups -OCH3 is 1. The molecule has 0 N–H and O–H groups in total. The number of benzene rings is 4. The molecular formula is C25H17F5O. The van der Waals surface area contributed by atoms with Crippen molar-refractivity contribution >= 4 is 10.8 Å². The normalized spacial score (nSPS) is 11.2. The molecule has 0 saturated heterocycles. The van der Waals surface area contributed by atoms with E-state index in [1.165, 1.54) is 6.07 Å². The van der Waals surface area contributed by atoms with Crippen molar-refractivity contribution in [2.75, 3.05) is 7.11 Å². The Hall–Kier alpha value is -3.41. The number of rotatable bonds is 4. The predicted octanol–water partition coefficient (Wildman–Crippen LogP) is 7.44. The molecule has 0 bridgehead atoms. The molecule has 0 unspecified atom stereocenters. The van der Waals surface area contributed by atoms with Crippen LogP contribution in [0.2, 0.25) is 0 Å². The highest BCUT2D eigenvalue weighted by Crippen LogP contribution is 2.36. The van der Waals surface area contributed by atoms with Crippen molar-refractivity contribution in [2.45, 2.75) is 13.3 Å². The van der Waals surface area contributed by atoms with Crippen molar-refractivity contribution in [3.05, 3.63) is 89.2 Å². The van der Waals surface area contributed by atoms with E-state index in [1.54, 1.807) is 18.2 Å². The van der Waals surface area contributed by atoms with Crippen LogP contribution in [-0.4, -0.2) is 7.11 Å². The van der Waals surface area contributed by atoms with Crippen LogP contribution in [0.3, 0.4) is 0 Å². The second kappa shape index (κ2) is 8.02. The summed E-state index contributed by atoms with van der Waals surface area (Å²) in [5.41, 5.74) is 0.0989. The summed E-state index contributed by atoms with van der Waals surface area (Å²) < 4.78 is 77.4. The SMILES string of the molecule is CCc1ccc2c(F)c(-c3cc(F)c(-c4cc(F)c(OC)c(F)c4)c(F)c3)ccc2c1. The van der Waals surface area contributed by atoms with Crippen LogP contribution in [0.1, 0.15) is 12.5 Å². The molecule has 0 spiro atoms. The molecule has 0 aromatic heterocycles. The van der Waals surface area contributed by atoms with Crippen molar-refractivity contribution in [1.82, 2.24) is 0 Å². The van der Waals surface area contributed by atoms with Crippen LogP contribution in [0.15, 0.2) is 54.6 Å².